The molecule has 2 rings (SSSR count). The highest BCUT2D eigenvalue weighted by Gasteiger charge is 2.18. The van der Waals surface area contributed by atoms with E-state index in [1.807, 2.05) is 44.2 Å². The van der Waals surface area contributed by atoms with Crippen LogP contribution in [0.3, 0.4) is 0 Å². The highest BCUT2D eigenvalue weighted by atomic mass is 16.5. The molecule has 20 heavy (non-hydrogen) atoms. The van der Waals surface area contributed by atoms with E-state index < -0.39 is 0 Å². The topological polar surface area (TPSA) is 47.3 Å². The lowest BCUT2D eigenvalue weighted by atomic mass is 9.95. The Morgan fingerprint density at radius 1 is 0.950 bits per heavy atom. The van der Waals surface area contributed by atoms with Gasteiger partial charge in [0, 0.05) is 5.56 Å². The van der Waals surface area contributed by atoms with Crippen LogP contribution in [-0.2, 0) is 0 Å². The number of para-hydroxylation sites is 1. The molecule has 2 aromatic rings. The fraction of sp³-hybridized carbons (Fsp3) is 0.294. The van der Waals surface area contributed by atoms with Crippen molar-refractivity contribution >= 4 is 0 Å². The van der Waals surface area contributed by atoms with Crippen LogP contribution < -0.4 is 16.0 Å². The van der Waals surface area contributed by atoms with Crippen molar-refractivity contribution in [1.82, 2.24) is 5.43 Å². The maximum Gasteiger partial charge on any atom is 0.124 e. The predicted octanol–water partition coefficient (Wildman–Crippen LogP) is 3.33. The van der Waals surface area contributed by atoms with Gasteiger partial charge in [-0.15, -0.1) is 0 Å². The maximum atomic E-state index is 5.89. The first-order valence-electron chi connectivity index (χ1n) is 6.90. The monoisotopic (exact) mass is 270 g/mol. The number of rotatable bonds is 5. The third kappa shape index (κ3) is 3.18. The first-order chi connectivity index (χ1) is 9.63. The second-order valence-electron chi connectivity index (χ2n) is 5.16. The van der Waals surface area contributed by atoms with Crippen LogP contribution in [0.2, 0.25) is 0 Å². The zero-order valence-corrected chi connectivity index (χ0v) is 12.3. The van der Waals surface area contributed by atoms with Crippen LogP contribution in [0.4, 0.5) is 0 Å². The zero-order valence-electron chi connectivity index (χ0n) is 12.3. The molecule has 0 aliphatic rings. The van der Waals surface area contributed by atoms with E-state index >= 15 is 0 Å². The fourth-order valence-electron chi connectivity index (χ4n) is 2.34. The Hall–Kier alpha value is -1.84. The van der Waals surface area contributed by atoms with Crippen LogP contribution in [0.1, 0.15) is 36.6 Å². The molecule has 1 atom stereocenters. The van der Waals surface area contributed by atoms with E-state index in [1.165, 1.54) is 5.56 Å². The maximum absolute atomic E-state index is 5.89. The lowest BCUT2D eigenvalue weighted by Gasteiger charge is -2.22. The number of ether oxygens (including phenoxy) is 1. The third-order valence-corrected chi connectivity index (χ3v) is 3.26. The van der Waals surface area contributed by atoms with E-state index in [9.17, 15) is 0 Å². The molecule has 1 unspecified atom stereocenters. The van der Waals surface area contributed by atoms with Crippen molar-refractivity contribution in [2.45, 2.75) is 32.9 Å². The molecule has 0 spiro atoms. The third-order valence-electron chi connectivity index (χ3n) is 3.26. The number of hydrogen-bond acceptors (Lipinski definition) is 3. The Morgan fingerprint density at radius 2 is 1.55 bits per heavy atom. The summed E-state index contributed by atoms with van der Waals surface area (Å²) in [7, 11) is 0. The number of nitrogens with one attached hydrogen (secondary N) is 1. The van der Waals surface area contributed by atoms with Gasteiger partial charge < -0.3 is 4.74 Å². The largest absolute Gasteiger partial charge is 0.491 e. The van der Waals surface area contributed by atoms with Gasteiger partial charge in [0.05, 0.1) is 12.1 Å². The zero-order chi connectivity index (χ0) is 14.5. The van der Waals surface area contributed by atoms with Crippen molar-refractivity contribution in [3.8, 4) is 5.75 Å². The van der Waals surface area contributed by atoms with Gasteiger partial charge in [0.25, 0.3) is 0 Å². The highest BCUT2D eigenvalue weighted by Crippen LogP contribution is 2.31. The summed E-state index contributed by atoms with van der Waals surface area (Å²) < 4.78 is 5.89. The molecule has 0 fully saturated rings. The fourth-order valence-corrected chi connectivity index (χ4v) is 2.34. The van der Waals surface area contributed by atoms with Gasteiger partial charge in [-0.25, -0.2) is 5.43 Å². The van der Waals surface area contributed by atoms with E-state index in [2.05, 4.69) is 30.5 Å². The van der Waals surface area contributed by atoms with Crippen LogP contribution in [0.15, 0.2) is 48.5 Å². The Labute approximate surface area is 120 Å². The molecule has 0 radical (unpaired) electrons. The smallest absolute Gasteiger partial charge is 0.124 e. The van der Waals surface area contributed by atoms with Gasteiger partial charge >= 0.3 is 0 Å². The Balaban J connectivity index is 2.45. The van der Waals surface area contributed by atoms with Gasteiger partial charge in [0.1, 0.15) is 5.75 Å². The van der Waals surface area contributed by atoms with Crippen LogP contribution in [-0.4, -0.2) is 6.10 Å². The van der Waals surface area contributed by atoms with Gasteiger partial charge in [-0.05, 0) is 38.0 Å². The van der Waals surface area contributed by atoms with Gasteiger partial charge in [-0.1, -0.05) is 42.5 Å². The average Bonchev–Trinajstić information content (AvgIpc) is 2.43. The number of nitrogens with two attached hydrogens (primary N) is 1. The van der Waals surface area contributed by atoms with Crippen molar-refractivity contribution in [1.29, 1.82) is 0 Å². The predicted molar refractivity (Wildman–Crippen MR) is 82.6 cm³/mol. The minimum absolute atomic E-state index is 0.0776. The van der Waals surface area contributed by atoms with Gasteiger partial charge in [0.2, 0.25) is 0 Å². The summed E-state index contributed by atoms with van der Waals surface area (Å²) in [6.45, 7) is 6.14. The van der Waals surface area contributed by atoms with Crippen LogP contribution >= 0.6 is 0 Å². The molecule has 0 amide bonds. The van der Waals surface area contributed by atoms with Crippen LogP contribution in [0.5, 0.6) is 5.75 Å². The lowest BCUT2D eigenvalue weighted by Crippen LogP contribution is -2.30. The summed E-state index contributed by atoms with van der Waals surface area (Å²) in [4.78, 5) is 0. The Kier molecular flexibility index (Phi) is 4.77. The quantitative estimate of drug-likeness (QED) is 0.647. The van der Waals surface area contributed by atoms with Crippen molar-refractivity contribution in [2.24, 2.45) is 5.84 Å². The van der Waals surface area contributed by atoms with Crippen molar-refractivity contribution in [3.05, 3.63) is 65.2 Å². The second kappa shape index (κ2) is 6.55. The molecule has 0 aliphatic carbocycles. The molecule has 0 heterocycles. The molecule has 106 valence electrons. The summed E-state index contributed by atoms with van der Waals surface area (Å²) in [5.74, 6) is 6.67. The molecule has 0 aliphatic heterocycles. The first-order valence-corrected chi connectivity index (χ1v) is 6.90. The molecule has 2 aromatic carbocycles. The standard InChI is InChI=1S/C17H22N2O/c1-12(2)20-16-11-7-6-10-15(16)17(19-18)14-9-5-4-8-13(14)3/h4-12,17,19H,18H2,1-3H3. The second-order valence-corrected chi connectivity index (χ2v) is 5.16. The summed E-state index contributed by atoms with van der Waals surface area (Å²) in [6, 6.07) is 16.2. The number of hydrazine groups is 1. The van der Waals surface area contributed by atoms with Crippen LogP contribution in [0.25, 0.3) is 0 Å². The minimum atomic E-state index is -0.0776. The number of hydrogen-bond donors (Lipinski definition) is 2. The summed E-state index contributed by atoms with van der Waals surface area (Å²) in [5.41, 5.74) is 6.33. The molecule has 3 N–H and O–H groups in total. The van der Waals surface area contributed by atoms with E-state index in [0.29, 0.717) is 0 Å². The van der Waals surface area contributed by atoms with Crippen molar-refractivity contribution < 1.29 is 4.74 Å². The molecule has 0 saturated heterocycles. The highest BCUT2D eigenvalue weighted by molar-refractivity contribution is 5.43. The van der Waals surface area contributed by atoms with E-state index in [1.54, 1.807) is 0 Å². The number of aryl methyl sites for hydroxylation is 1. The molecular weight excluding hydrogens is 248 g/mol. The Morgan fingerprint density at radius 3 is 2.15 bits per heavy atom. The summed E-state index contributed by atoms with van der Waals surface area (Å²) >= 11 is 0. The minimum Gasteiger partial charge on any atom is -0.491 e. The van der Waals surface area contributed by atoms with Crippen molar-refractivity contribution in [2.75, 3.05) is 0 Å². The van der Waals surface area contributed by atoms with Gasteiger partial charge in [-0.3, -0.25) is 5.84 Å². The number of benzene rings is 2. The molecule has 0 bridgehead atoms. The SMILES string of the molecule is Cc1ccccc1C(NN)c1ccccc1OC(C)C. The van der Waals surface area contributed by atoms with Gasteiger partial charge in [0.15, 0.2) is 0 Å². The van der Waals surface area contributed by atoms with E-state index in [0.717, 1.165) is 16.9 Å². The van der Waals surface area contributed by atoms with Crippen molar-refractivity contribution in [3.63, 3.8) is 0 Å². The van der Waals surface area contributed by atoms with Crippen LogP contribution in [0, 0.1) is 6.92 Å². The normalized spacial score (nSPS) is 12.4. The Bertz CT molecular complexity index is 566. The van der Waals surface area contributed by atoms with Gasteiger partial charge in [-0.2, -0.15) is 0 Å². The summed E-state index contributed by atoms with van der Waals surface area (Å²) in [5, 5.41) is 0. The molecule has 0 saturated carbocycles. The lowest BCUT2D eigenvalue weighted by molar-refractivity contribution is 0.238. The molecular formula is C17H22N2O. The molecule has 3 nitrogen and oxygen atoms in total. The van der Waals surface area contributed by atoms with E-state index in [4.69, 9.17) is 10.6 Å². The summed E-state index contributed by atoms with van der Waals surface area (Å²) in [6.07, 6.45) is 0.131. The first kappa shape index (κ1) is 14.6. The van der Waals surface area contributed by atoms with E-state index in [-0.39, 0.29) is 12.1 Å². The average molecular weight is 270 g/mol. The molecule has 0 aromatic heterocycles. The molecule has 3 heteroatoms.